The van der Waals surface area contributed by atoms with Gasteiger partial charge in [-0.1, -0.05) is 0 Å². The van der Waals surface area contributed by atoms with Crippen molar-refractivity contribution in [2.75, 3.05) is 59.0 Å². The first-order valence-electron chi connectivity index (χ1n) is 10.2. The Bertz CT molecular complexity index is 484. The monoisotopic (exact) mass is 511 g/mol. The Morgan fingerprint density at radius 2 is 1.86 bits per heavy atom. The molecule has 0 aromatic rings. The van der Waals surface area contributed by atoms with E-state index in [1.165, 1.54) is 0 Å². The van der Waals surface area contributed by atoms with Crippen LogP contribution in [0.25, 0.3) is 0 Å². The predicted octanol–water partition coefficient (Wildman–Crippen LogP) is 1.88. The van der Waals surface area contributed by atoms with Crippen LogP contribution in [-0.4, -0.2) is 86.5 Å². The second-order valence-electron chi connectivity index (χ2n) is 8.37. The number of hydrogen-bond acceptors (Lipinski definition) is 5. The summed E-state index contributed by atoms with van der Waals surface area (Å²) in [6.07, 6.45) is 2.70. The summed E-state index contributed by atoms with van der Waals surface area (Å²) in [5.74, 6) is 0.990. The molecule has 28 heavy (non-hydrogen) atoms. The highest BCUT2D eigenvalue weighted by Gasteiger charge is 2.26. The molecule has 0 atom stereocenters. The molecule has 0 saturated carbocycles. The predicted molar refractivity (Wildman–Crippen MR) is 122 cm³/mol. The van der Waals surface area contributed by atoms with Crippen LogP contribution >= 0.6 is 24.0 Å². The normalized spacial score (nSPS) is 19.8. The molecule has 0 aromatic heterocycles. The van der Waals surface area contributed by atoms with Crippen LogP contribution in [0, 0.1) is 5.92 Å². The first kappa shape index (κ1) is 25.2. The molecule has 0 aliphatic carbocycles. The van der Waals surface area contributed by atoms with E-state index in [1.807, 2.05) is 20.8 Å². The number of hydrogen-bond donors (Lipinski definition) is 2. The quantitative estimate of drug-likeness (QED) is 0.245. The third-order valence-corrected chi connectivity index (χ3v) is 4.85. The van der Waals surface area contributed by atoms with Crippen LogP contribution in [0.3, 0.4) is 0 Å². The van der Waals surface area contributed by atoms with Gasteiger partial charge in [-0.05, 0) is 52.5 Å². The summed E-state index contributed by atoms with van der Waals surface area (Å²) >= 11 is 0. The van der Waals surface area contributed by atoms with E-state index >= 15 is 0 Å². The molecule has 0 bridgehead atoms. The van der Waals surface area contributed by atoms with Crippen LogP contribution in [0.5, 0.6) is 0 Å². The van der Waals surface area contributed by atoms with Gasteiger partial charge in [0.25, 0.3) is 0 Å². The lowest BCUT2D eigenvalue weighted by atomic mass is 9.97. The first-order valence-corrected chi connectivity index (χ1v) is 10.2. The Kier molecular flexibility index (Phi) is 11.4. The third-order valence-electron chi connectivity index (χ3n) is 4.85. The number of amides is 1. The van der Waals surface area contributed by atoms with Gasteiger partial charge in [0.15, 0.2) is 5.96 Å². The molecule has 2 saturated heterocycles. The molecule has 3 N–H and O–H groups in total. The van der Waals surface area contributed by atoms with Gasteiger partial charge >= 0.3 is 6.09 Å². The molecule has 1 amide bonds. The average molecular weight is 511 g/mol. The zero-order valence-corrected chi connectivity index (χ0v) is 19.9. The summed E-state index contributed by atoms with van der Waals surface area (Å²) in [5.41, 5.74) is 5.53. The molecule has 0 unspecified atom stereocenters. The summed E-state index contributed by atoms with van der Waals surface area (Å²) in [7, 11) is 0. The summed E-state index contributed by atoms with van der Waals surface area (Å²) in [6.45, 7) is 13.4. The van der Waals surface area contributed by atoms with Crippen molar-refractivity contribution in [3.63, 3.8) is 0 Å². The minimum atomic E-state index is -0.444. The van der Waals surface area contributed by atoms with Crippen molar-refractivity contribution in [3.8, 4) is 0 Å². The number of guanidine groups is 1. The van der Waals surface area contributed by atoms with Crippen molar-refractivity contribution in [3.05, 3.63) is 0 Å². The molecular formula is C19H38IN5O3. The van der Waals surface area contributed by atoms with Crippen molar-refractivity contribution < 1.29 is 14.3 Å². The summed E-state index contributed by atoms with van der Waals surface area (Å²) in [4.78, 5) is 20.8. The molecule has 2 aliphatic heterocycles. The highest BCUT2D eigenvalue weighted by molar-refractivity contribution is 14.0. The summed E-state index contributed by atoms with van der Waals surface area (Å²) < 4.78 is 10.8. The van der Waals surface area contributed by atoms with Crippen molar-refractivity contribution in [2.45, 2.75) is 45.6 Å². The van der Waals surface area contributed by atoms with E-state index in [0.717, 1.165) is 71.7 Å². The lowest BCUT2D eigenvalue weighted by molar-refractivity contribution is 0.0187. The first-order chi connectivity index (χ1) is 12.8. The molecular weight excluding hydrogens is 473 g/mol. The number of carbonyl (C=O) groups is 1. The molecule has 2 fully saturated rings. The van der Waals surface area contributed by atoms with Gasteiger partial charge in [-0.2, -0.15) is 0 Å². The van der Waals surface area contributed by atoms with Gasteiger partial charge in [0.2, 0.25) is 0 Å². The van der Waals surface area contributed by atoms with E-state index in [1.54, 1.807) is 4.90 Å². The third kappa shape index (κ3) is 10.1. The van der Waals surface area contributed by atoms with Crippen LogP contribution in [0.4, 0.5) is 4.79 Å². The van der Waals surface area contributed by atoms with Gasteiger partial charge < -0.3 is 25.4 Å². The summed E-state index contributed by atoms with van der Waals surface area (Å²) in [5, 5.41) is 3.20. The van der Waals surface area contributed by atoms with Gasteiger partial charge in [-0.3, -0.25) is 9.89 Å². The van der Waals surface area contributed by atoms with E-state index in [0.29, 0.717) is 18.4 Å². The molecule has 8 nitrogen and oxygen atoms in total. The number of ether oxygens (including phenoxy) is 2. The van der Waals surface area contributed by atoms with Gasteiger partial charge in [-0.15, -0.1) is 24.0 Å². The number of halogens is 1. The van der Waals surface area contributed by atoms with Crippen LogP contribution in [0.15, 0.2) is 4.99 Å². The van der Waals surface area contributed by atoms with Gasteiger partial charge in [0.1, 0.15) is 5.60 Å². The molecule has 0 aromatic carbocycles. The van der Waals surface area contributed by atoms with E-state index in [2.05, 4.69) is 15.2 Å². The number of aliphatic imine (C=N–C) groups is 1. The second kappa shape index (κ2) is 12.7. The van der Waals surface area contributed by atoms with E-state index < -0.39 is 5.60 Å². The number of morpholine rings is 1. The zero-order chi connectivity index (χ0) is 19.7. The Labute approximate surface area is 186 Å². The molecule has 0 radical (unpaired) electrons. The van der Waals surface area contributed by atoms with Crippen molar-refractivity contribution >= 4 is 36.0 Å². The number of likely N-dealkylation sites (tertiary alicyclic amines) is 1. The second-order valence-corrected chi connectivity index (χ2v) is 8.37. The number of piperidine rings is 1. The largest absolute Gasteiger partial charge is 0.444 e. The van der Waals surface area contributed by atoms with Crippen LogP contribution in [0.2, 0.25) is 0 Å². The number of nitrogens with one attached hydrogen (secondary N) is 1. The van der Waals surface area contributed by atoms with Gasteiger partial charge in [0, 0.05) is 39.3 Å². The van der Waals surface area contributed by atoms with E-state index in [4.69, 9.17) is 15.2 Å². The lowest BCUT2D eigenvalue weighted by Crippen LogP contribution is -2.42. The SMILES string of the molecule is CC(C)(C)OC(=O)N1CCC(CN=C(N)NCCCN2CCOCC2)CC1.I. The zero-order valence-electron chi connectivity index (χ0n) is 17.6. The Hall–Kier alpha value is -0.810. The maximum atomic E-state index is 12.1. The number of carbonyl (C=O) groups excluding carboxylic acids is 1. The molecule has 9 heteroatoms. The van der Waals surface area contributed by atoms with Gasteiger partial charge in [0.05, 0.1) is 13.2 Å². The molecule has 0 spiro atoms. The Balaban J connectivity index is 0.00000392. The number of nitrogens with zero attached hydrogens (tertiary/aromatic N) is 3. The fourth-order valence-corrected chi connectivity index (χ4v) is 3.25. The fourth-order valence-electron chi connectivity index (χ4n) is 3.25. The Morgan fingerprint density at radius 3 is 2.46 bits per heavy atom. The van der Waals surface area contributed by atoms with Gasteiger partial charge in [-0.25, -0.2) is 4.79 Å². The minimum Gasteiger partial charge on any atom is -0.444 e. The van der Waals surface area contributed by atoms with E-state index in [-0.39, 0.29) is 30.1 Å². The molecule has 2 aliphatic rings. The van der Waals surface area contributed by atoms with Crippen molar-refractivity contribution in [1.29, 1.82) is 0 Å². The standard InChI is InChI=1S/C19H37N5O3.HI/c1-19(2,3)27-18(25)24-9-5-16(6-10-24)15-22-17(20)21-7-4-8-23-11-13-26-14-12-23;/h16H,4-15H2,1-3H3,(H3,20,21,22);1H. The maximum Gasteiger partial charge on any atom is 0.410 e. The van der Waals surface area contributed by atoms with Crippen LogP contribution in [0.1, 0.15) is 40.0 Å². The maximum absolute atomic E-state index is 12.1. The number of nitrogens with two attached hydrogens (primary N) is 1. The molecule has 2 rings (SSSR count). The number of rotatable bonds is 6. The van der Waals surface area contributed by atoms with Crippen LogP contribution < -0.4 is 11.1 Å². The van der Waals surface area contributed by atoms with Crippen molar-refractivity contribution in [2.24, 2.45) is 16.6 Å². The Morgan fingerprint density at radius 1 is 1.21 bits per heavy atom. The highest BCUT2D eigenvalue weighted by atomic mass is 127. The minimum absolute atomic E-state index is 0. The topological polar surface area (TPSA) is 92.4 Å². The average Bonchev–Trinajstić information content (AvgIpc) is 2.63. The summed E-state index contributed by atoms with van der Waals surface area (Å²) in [6, 6.07) is 0. The van der Waals surface area contributed by atoms with Crippen molar-refractivity contribution in [1.82, 2.24) is 15.1 Å². The fraction of sp³-hybridized carbons (Fsp3) is 0.895. The smallest absolute Gasteiger partial charge is 0.410 e. The van der Waals surface area contributed by atoms with E-state index in [9.17, 15) is 4.79 Å². The lowest BCUT2D eigenvalue weighted by Gasteiger charge is -2.33. The van der Waals surface area contributed by atoms with Crippen LogP contribution in [-0.2, 0) is 9.47 Å². The molecule has 2 heterocycles. The molecule has 164 valence electrons. The highest BCUT2D eigenvalue weighted by Crippen LogP contribution is 2.19.